The molecule has 1 fully saturated rings. The molecule has 1 aromatic carbocycles. The van der Waals surface area contributed by atoms with Crippen LogP contribution in [0.25, 0.3) is 0 Å². The van der Waals surface area contributed by atoms with E-state index in [2.05, 4.69) is 5.32 Å². The van der Waals surface area contributed by atoms with Crippen LogP contribution in [0.3, 0.4) is 0 Å². The van der Waals surface area contributed by atoms with Gasteiger partial charge < -0.3 is 15.2 Å². The summed E-state index contributed by atoms with van der Waals surface area (Å²) in [7, 11) is 1.52. The minimum atomic E-state index is -0.0311. The van der Waals surface area contributed by atoms with Gasteiger partial charge in [0.05, 0.1) is 12.7 Å². The molecule has 0 spiro atoms. The summed E-state index contributed by atoms with van der Waals surface area (Å²) in [5.74, 6) is 0.454. The Kier molecular flexibility index (Phi) is 3.64. The first-order chi connectivity index (χ1) is 8.27. The Hall–Kier alpha value is -1.55. The molecule has 1 aromatic rings. The molecule has 1 unspecified atom stereocenters. The van der Waals surface area contributed by atoms with Crippen molar-refractivity contribution in [1.29, 1.82) is 0 Å². The Morgan fingerprint density at radius 2 is 2.29 bits per heavy atom. The Balaban J connectivity index is 2.41. The van der Waals surface area contributed by atoms with Gasteiger partial charge in [0.1, 0.15) is 11.5 Å². The highest BCUT2D eigenvalue weighted by molar-refractivity contribution is 5.84. The molecular weight excluding hydrogens is 218 g/mol. The third-order valence-corrected chi connectivity index (χ3v) is 3.21. The Labute approximate surface area is 101 Å². The SMILES string of the molecule is COc1c(C2CCCCN2)ccc(O)c1C=O. The maximum absolute atomic E-state index is 11.0. The van der Waals surface area contributed by atoms with Gasteiger partial charge in [-0.3, -0.25) is 4.79 Å². The van der Waals surface area contributed by atoms with Gasteiger partial charge in [0.2, 0.25) is 0 Å². The molecule has 4 heteroatoms. The minimum Gasteiger partial charge on any atom is -0.507 e. The molecule has 0 radical (unpaired) electrons. The summed E-state index contributed by atoms with van der Waals surface area (Å²) < 4.78 is 5.27. The van der Waals surface area contributed by atoms with Crippen molar-refractivity contribution < 1.29 is 14.6 Å². The molecule has 1 aliphatic heterocycles. The lowest BCUT2D eigenvalue weighted by Gasteiger charge is -2.26. The van der Waals surface area contributed by atoms with Gasteiger partial charge in [-0.05, 0) is 25.5 Å². The average Bonchev–Trinajstić information content (AvgIpc) is 2.39. The number of rotatable bonds is 3. The minimum absolute atomic E-state index is 0.0311. The second-order valence-corrected chi connectivity index (χ2v) is 4.24. The van der Waals surface area contributed by atoms with Gasteiger partial charge in [-0.15, -0.1) is 0 Å². The van der Waals surface area contributed by atoms with Gasteiger partial charge in [-0.2, -0.15) is 0 Å². The molecular formula is C13H17NO3. The molecule has 0 bridgehead atoms. The molecule has 1 heterocycles. The number of nitrogens with one attached hydrogen (secondary N) is 1. The number of phenols is 1. The maximum Gasteiger partial charge on any atom is 0.157 e. The van der Waals surface area contributed by atoms with E-state index in [9.17, 15) is 9.90 Å². The van der Waals surface area contributed by atoms with E-state index in [4.69, 9.17) is 4.74 Å². The number of carbonyl (C=O) groups is 1. The largest absolute Gasteiger partial charge is 0.507 e. The number of aromatic hydroxyl groups is 1. The zero-order valence-electron chi connectivity index (χ0n) is 9.90. The van der Waals surface area contributed by atoms with Crippen molar-refractivity contribution in [2.45, 2.75) is 25.3 Å². The lowest BCUT2D eigenvalue weighted by molar-refractivity contribution is 0.111. The number of piperidine rings is 1. The molecule has 17 heavy (non-hydrogen) atoms. The zero-order chi connectivity index (χ0) is 12.3. The van der Waals surface area contributed by atoms with E-state index in [1.807, 2.05) is 6.07 Å². The van der Waals surface area contributed by atoms with Gasteiger partial charge in [0, 0.05) is 11.6 Å². The van der Waals surface area contributed by atoms with Crippen molar-refractivity contribution >= 4 is 6.29 Å². The first-order valence-corrected chi connectivity index (χ1v) is 5.86. The quantitative estimate of drug-likeness (QED) is 0.787. The third kappa shape index (κ3) is 2.26. The lowest BCUT2D eigenvalue weighted by atomic mass is 9.95. The predicted octanol–water partition coefficient (Wildman–Crippen LogP) is 2.03. The number of phenolic OH excluding ortho intramolecular Hbond substituents is 1. The van der Waals surface area contributed by atoms with E-state index in [0.717, 1.165) is 24.9 Å². The van der Waals surface area contributed by atoms with Crippen LogP contribution >= 0.6 is 0 Å². The first kappa shape index (κ1) is 11.9. The van der Waals surface area contributed by atoms with Crippen molar-refractivity contribution in [3.63, 3.8) is 0 Å². The van der Waals surface area contributed by atoms with Gasteiger partial charge >= 0.3 is 0 Å². The van der Waals surface area contributed by atoms with Crippen LogP contribution in [0.1, 0.15) is 41.2 Å². The molecule has 0 amide bonds. The van der Waals surface area contributed by atoms with Crippen LogP contribution in [0, 0.1) is 0 Å². The normalized spacial score (nSPS) is 19.9. The van der Waals surface area contributed by atoms with Gasteiger partial charge in [0.15, 0.2) is 6.29 Å². The molecule has 1 aliphatic rings. The number of benzene rings is 1. The summed E-state index contributed by atoms with van der Waals surface area (Å²) in [5, 5.41) is 13.0. The van der Waals surface area contributed by atoms with Crippen molar-refractivity contribution in [2.75, 3.05) is 13.7 Å². The molecule has 4 nitrogen and oxygen atoms in total. The summed E-state index contributed by atoms with van der Waals surface area (Å²) in [4.78, 5) is 11.0. The summed E-state index contributed by atoms with van der Waals surface area (Å²) in [6.07, 6.45) is 4.01. The lowest BCUT2D eigenvalue weighted by Crippen LogP contribution is -2.27. The fourth-order valence-corrected chi connectivity index (χ4v) is 2.34. The highest BCUT2D eigenvalue weighted by Gasteiger charge is 2.21. The zero-order valence-corrected chi connectivity index (χ0v) is 9.90. The monoisotopic (exact) mass is 235 g/mol. The Bertz CT molecular complexity index is 411. The van der Waals surface area contributed by atoms with Crippen molar-refractivity contribution in [2.24, 2.45) is 0 Å². The molecule has 0 aromatic heterocycles. The summed E-state index contributed by atoms with van der Waals surface area (Å²) >= 11 is 0. The van der Waals surface area contributed by atoms with E-state index in [1.165, 1.54) is 13.5 Å². The van der Waals surface area contributed by atoms with Gasteiger partial charge in [-0.1, -0.05) is 12.5 Å². The Morgan fingerprint density at radius 3 is 2.88 bits per heavy atom. The molecule has 92 valence electrons. The van der Waals surface area contributed by atoms with Crippen LogP contribution in [0.2, 0.25) is 0 Å². The molecule has 2 N–H and O–H groups in total. The fourth-order valence-electron chi connectivity index (χ4n) is 2.34. The van der Waals surface area contributed by atoms with Gasteiger partial charge in [0.25, 0.3) is 0 Å². The van der Waals surface area contributed by atoms with Crippen molar-refractivity contribution in [3.05, 3.63) is 23.3 Å². The summed E-state index contributed by atoms with van der Waals surface area (Å²) in [6.45, 7) is 0.977. The molecule has 0 aliphatic carbocycles. The van der Waals surface area contributed by atoms with Gasteiger partial charge in [-0.25, -0.2) is 0 Å². The van der Waals surface area contributed by atoms with Crippen molar-refractivity contribution in [1.82, 2.24) is 5.32 Å². The van der Waals surface area contributed by atoms with E-state index in [0.29, 0.717) is 12.0 Å². The van der Waals surface area contributed by atoms with Crippen molar-refractivity contribution in [3.8, 4) is 11.5 Å². The second kappa shape index (κ2) is 5.19. The number of hydrogen-bond acceptors (Lipinski definition) is 4. The van der Waals surface area contributed by atoms with Crippen LogP contribution in [0.4, 0.5) is 0 Å². The van der Waals surface area contributed by atoms with Crippen LogP contribution in [-0.4, -0.2) is 25.0 Å². The predicted molar refractivity (Wildman–Crippen MR) is 64.6 cm³/mol. The van der Waals surface area contributed by atoms with E-state index < -0.39 is 0 Å². The third-order valence-electron chi connectivity index (χ3n) is 3.21. The van der Waals surface area contributed by atoms with Crippen LogP contribution < -0.4 is 10.1 Å². The number of hydrogen-bond donors (Lipinski definition) is 2. The Morgan fingerprint density at radius 1 is 1.47 bits per heavy atom. The summed E-state index contributed by atoms with van der Waals surface area (Å²) in [6, 6.07) is 3.58. The first-order valence-electron chi connectivity index (χ1n) is 5.86. The number of aldehydes is 1. The molecule has 2 rings (SSSR count). The van der Waals surface area contributed by atoms with Crippen LogP contribution in [-0.2, 0) is 0 Å². The molecule has 1 saturated heterocycles. The van der Waals surface area contributed by atoms with E-state index >= 15 is 0 Å². The van der Waals surface area contributed by atoms with Crippen LogP contribution in [0.5, 0.6) is 11.5 Å². The number of methoxy groups -OCH3 is 1. The van der Waals surface area contributed by atoms with E-state index in [-0.39, 0.29) is 17.4 Å². The molecule has 0 saturated carbocycles. The van der Waals surface area contributed by atoms with Crippen LogP contribution in [0.15, 0.2) is 12.1 Å². The fraction of sp³-hybridized carbons (Fsp3) is 0.462. The number of ether oxygens (including phenoxy) is 1. The highest BCUT2D eigenvalue weighted by atomic mass is 16.5. The topological polar surface area (TPSA) is 58.6 Å². The standard InChI is InChI=1S/C13H17NO3/c1-17-13-9(11-4-2-3-7-14-11)5-6-12(16)10(13)8-15/h5-6,8,11,14,16H,2-4,7H2,1H3. The van der Waals surface area contributed by atoms with E-state index in [1.54, 1.807) is 6.07 Å². The smallest absolute Gasteiger partial charge is 0.157 e. The summed E-state index contributed by atoms with van der Waals surface area (Å²) in [5.41, 5.74) is 1.18. The highest BCUT2D eigenvalue weighted by Crippen LogP contribution is 2.36. The maximum atomic E-state index is 11.0. The number of carbonyl (C=O) groups excluding carboxylic acids is 1. The average molecular weight is 235 g/mol. The molecule has 1 atom stereocenters. The second-order valence-electron chi connectivity index (χ2n) is 4.24.